The molecule has 0 saturated heterocycles. The molecule has 0 fully saturated rings. The van der Waals surface area contributed by atoms with Gasteiger partial charge in [0.15, 0.2) is 0 Å². The first kappa shape index (κ1) is 15.6. The number of nitrogens with one attached hydrogen (secondary N) is 2. The van der Waals surface area contributed by atoms with Crippen LogP contribution in [0.15, 0.2) is 24.3 Å². The molecule has 3 amide bonds. The number of amides is 3. The highest BCUT2D eigenvalue weighted by molar-refractivity contribution is 5.98. The minimum absolute atomic E-state index is 0.184. The molecule has 108 valence electrons. The van der Waals surface area contributed by atoms with Crippen LogP contribution in [0.2, 0.25) is 0 Å². The van der Waals surface area contributed by atoms with Crippen LogP contribution in [-0.2, 0) is 9.59 Å². The minimum atomic E-state index is -0.990. The molecule has 0 heterocycles. The zero-order valence-corrected chi connectivity index (χ0v) is 11.2. The predicted molar refractivity (Wildman–Crippen MR) is 74.9 cm³/mol. The first-order valence-electron chi connectivity index (χ1n) is 6.17. The second-order valence-electron chi connectivity index (χ2n) is 4.20. The van der Waals surface area contributed by atoms with Gasteiger partial charge in [0.1, 0.15) is 0 Å². The Morgan fingerprint density at radius 3 is 2.30 bits per heavy atom. The summed E-state index contributed by atoms with van der Waals surface area (Å²) in [6.45, 7) is 2.37. The molecule has 0 aliphatic rings. The van der Waals surface area contributed by atoms with Crippen molar-refractivity contribution in [3.05, 3.63) is 29.8 Å². The molecule has 1 unspecified atom stereocenters. The van der Waals surface area contributed by atoms with Gasteiger partial charge in [0.2, 0.25) is 11.8 Å². The van der Waals surface area contributed by atoms with Crippen LogP contribution in [0.25, 0.3) is 0 Å². The Labute approximate surface area is 116 Å². The third-order valence-corrected chi connectivity index (χ3v) is 2.51. The molecule has 0 bridgehead atoms. The van der Waals surface area contributed by atoms with Crippen molar-refractivity contribution in [2.45, 2.75) is 19.4 Å². The fourth-order valence-electron chi connectivity index (χ4n) is 1.51. The minimum Gasteiger partial charge on any atom is -0.370 e. The van der Waals surface area contributed by atoms with E-state index in [-0.39, 0.29) is 12.3 Å². The van der Waals surface area contributed by atoms with Crippen molar-refractivity contribution in [1.29, 1.82) is 0 Å². The van der Waals surface area contributed by atoms with Crippen LogP contribution in [0.5, 0.6) is 0 Å². The Morgan fingerprint density at radius 1 is 1.20 bits per heavy atom. The van der Waals surface area contributed by atoms with E-state index >= 15 is 0 Å². The van der Waals surface area contributed by atoms with Gasteiger partial charge in [-0.1, -0.05) is 0 Å². The van der Waals surface area contributed by atoms with Gasteiger partial charge in [0.05, 0.1) is 12.5 Å². The molecule has 0 aliphatic heterocycles. The topological polar surface area (TPSA) is 127 Å². The number of rotatable bonds is 6. The molecular weight excluding hydrogens is 260 g/mol. The molecule has 0 radical (unpaired) electrons. The van der Waals surface area contributed by atoms with Gasteiger partial charge in [-0.25, -0.2) is 0 Å². The quantitative estimate of drug-likeness (QED) is 0.563. The van der Waals surface area contributed by atoms with E-state index in [0.717, 1.165) is 0 Å². The Morgan fingerprint density at radius 2 is 1.80 bits per heavy atom. The second kappa shape index (κ2) is 7.25. The van der Waals surface area contributed by atoms with E-state index in [4.69, 9.17) is 11.5 Å². The van der Waals surface area contributed by atoms with Crippen molar-refractivity contribution in [1.82, 2.24) is 5.32 Å². The number of benzene rings is 1. The standard InChI is InChI=1S/C13H18N4O3/c1-2-16-12(19)8-3-5-9(6-4-8)17-13(20)10(14)7-11(15)18/h3-6,10H,2,7,14H2,1H3,(H2,15,18)(H,16,19)(H,17,20). The smallest absolute Gasteiger partial charge is 0.251 e. The summed E-state index contributed by atoms with van der Waals surface area (Å²) in [5.74, 6) is -1.33. The molecule has 0 aromatic heterocycles. The normalized spacial score (nSPS) is 11.5. The van der Waals surface area contributed by atoms with Gasteiger partial charge < -0.3 is 22.1 Å². The number of nitrogens with two attached hydrogens (primary N) is 2. The van der Waals surface area contributed by atoms with Gasteiger partial charge >= 0.3 is 0 Å². The molecule has 0 spiro atoms. The summed E-state index contributed by atoms with van der Waals surface area (Å²) in [6, 6.07) is 5.34. The van der Waals surface area contributed by atoms with Crippen LogP contribution in [0.4, 0.5) is 5.69 Å². The summed E-state index contributed by atoms with van der Waals surface area (Å²) in [6.07, 6.45) is -0.219. The van der Waals surface area contributed by atoms with Crippen molar-refractivity contribution in [3.63, 3.8) is 0 Å². The maximum absolute atomic E-state index is 11.6. The van der Waals surface area contributed by atoms with E-state index < -0.39 is 17.9 Å². The predicted octanol–water partition coefficient (Wildman–Crippen LogP) is -0.422. The van der Waals surface area contributed by atoms with Crippen molar-refractivity contribution in [2.75, 3.05) is 11.9 Å². The van der Waals surface area contributed by atoms with Gasteiger partial charge in [0.25, 0.3) is 5.91 Å². The van der Waals surface area contributed by atoms with Gasteiger partial charge in [-0.2, -0.15) is 0 Å². The lowest BCUT2D eigenvalue weighted by atomic mass is 10.1. The summed E-state index contributed by atoms with van der Waals surface area (Å²) < 4.78 is 0. The summed E-state index contributed by atoms with van der Waals surface area (Å²) >= 11 is 0. The molecule has 0 aliphatic carbocycles. The lowest BCUT2D eigenvalue weighted by molar-refractivity contribution is -0.123. The molecule has 7 heteroatoms. The number of carbonyl (C=O) groups excluding carboxylic acids is 3. The van der Waals surface area contributed by atoms with Crippen LogP contribution in [-0.4, -0.2) is 30.3 Å². The summed E-state index contributed by atoms with van der Waals surface area (Å²) in [7, 11) is 0. The molecule has 1 atom stereocenters. The Balaban J connectivity index is 2.63. The SMILES string of the molecule is CCNC(=O)c1ccc(NC(=O)C(N)CC(N)=O)cc1. The van der Waals surface area contributed by atoms with Crippen molar-refractivity contribution >= 4 is 23.4 Å². The lowest BCUT2D eigenvalue weighted by Crippen LogP contribution is -2.39. The van der Waals surface area contributed by atoms with Crippen molar-refractivity contribution < 1.29 is 14.4 Å². The van der Waals surface area contributed by atoms with Crippen LogP contribution >= 0.6 is 0 Å². The third kappa shape index (κ3) is 4.69. The number of hydrogen-bond acceptors (Lipinski definition) is 4. The summed E-state index contributed by atoms with van der Waals surface area (Å²) in [5.41, 5.74) is 11.5. The Kier molecular flexibility index (Phi) is 5.67. The molecule has 1 aromatic carbocycles. The van der Waals surface area contributed by atoms with Crippen LogP contribution < -0.4 is 22.1 Å². The van der Waals surface area contributed by atoms with E-state index in [1.807, 2.05) is 6.92 Å². The fraction of sp³-hybridized carbons (Fsp3) is 0.308. The highest BCUT2D eigenvalue weighted by Gasteiger charge is 2.16. The van der Waals surface area contributed by atoms with Crippen molar-refractivity contribution in [2.24, 2.45) is 11.5 Å². The molecule has 6 N–H and O–H groups in total. The number of primary amides is 1. The zero-order valence-electron chi connectivity index (χ0n) is 11.2. The van der Waals surface area contributed by atoms with E-state index in [1.165, 1.54) is 0 Å². The Bertz CT molecular complexity index is 499. The van der Waals surface area contributed by atoms with Crippen molar-refractivity contribution in [3.8, 4) is 0 Å². The Hall–Kier alpha value is -2.41. The maximum Gasteiger partial charge on any atom is 0.251 e. The lowest BCUT2D eigenvalue weighted by Gasteiger charge is -2.11. The average molecular weight is 278 g/mol. The van der Waals surface area contributed by atoms with Gasteiger partial charge in [0, 0.05) is 17.8 Å². The van der Waals surface area contributed by atoms with E-state index in [0.29, 0.717) is 17.8 Å². The summed E-state index contributed by atoms with van der Waals surface area (Å²) in [5, 5.41) is 5.21. The first-order chi connectivity index (χ1) is 9.43. The molecule has 1 rings (SSSR count). The molecule has 0 saturated carbocycles. The molecule has 20 heavy (non-hydrogen) atoms. The highest BCUT2D eigenvalue weighted by atomic mass is 16.2. The number of hydrogen-bond donors (Lipinski definition) is 4. The summed E-state index contributed by atoms with van der Waals surface area (Å²) in [4.78, 5) is 33.8. The third-order valence-electron chi connectivity index (χ3n) is 2.51. The second-order valence-corrected chi connectivity index (χ2v) is 4.20. The monoisotopic (exact) mass is 278 g/mol. The highest BCUT2D eigenvalue weighted by Crippen LogP contribution is 2.10. The zero-order chi connectivity index (χ0) is 15.1. The molecular formula is C13H18N4O3. The number of carbonyl (C=O) groups is 3. The maximum atomic E-state index is 11.6. The van der Waals surface area contributed by atoms with Crippen LogP contribution in [0.3, 0.4) is 0 Å². The van der Waals surface area contributed by atoms with Gasteiger partial charge in [-0.15, -0.1) is 0 Å². The largest absolute Gasteiger partial charge is 0.370 e. The van der Waals surface area contributed by atoms with E-state index in [9.17, 15) is 14.4 Å². The van der Waals surface area contributed by atoms with Crippen LogP contribution in [0, 0.1) is 0 Å². The molecule has 7 nitrogen and oxygen atoms in total. The van der Waals surface area contributed by atoms with E-state index in [1.54, 1.807) is 24.3 Å². The fourth-order valence-corrected chi connectivity index (χ4v) is 1.51. The number of anilines is 1. The van der Waals surface area contributed by atoms with Gasteiger partial charge in [-0.05, 0) is 31.2 Å². The van der Waals surface area contributed by atoms with Gasteiger partial charge in [-0.3, -0.25) is 14.4 Å². The van der Waals surface area contributed by atoms with Crippen LogP contribution in [0.1, 0.15) is 23.7 Å². The first-order valence-corrected chi connectivity index (χ1v) is 6.17. The average Bonchev–Trinajstić information content (AvgIpc) is 2.39. The molecule has 1 aromatic rings. The van der Waals surface area contributed by atoms with E-state index in [2.05, 4.69) is 10.6 Å².